The second kappa shape index (κ2) is 11.6. The summed E-state index contributed by atoms with van der Waals surface area (Å²) < 4.78 is 11.5. The van der Waals surface area contributed by atoms with E-state index in [0.717, 1.165) is 89.8 Å². The standard InChI is InChI=1S/C52H31N5O/c1-6-20-42-34(13-1)35-14-2-7-21-43(35)56(42)46-30-33(31-55-51(46)57-44-22-8-3-15-36(44)37-16-4-9-23-45(37)57)32-25-26-48-41(29-32)52(38-17-5-10-24-47(38)58-48)39-18-11-27-53-49(39)50-40(52)19-12-28-54-50/h1-31H. The number of pyridine rings is 3. The largest absolute Gasteiger partial charge is 0.457 e. The van der Waals surface area contributed by atoms with Crippen molar-refractivity contribution >= 4 is 43.6 Å². The molecule has 0 amide bonds. The Balaban J connectivity index is 1.11. The summed E-state index contributed by atoms with van der Waals surface area (Å²) in [6.45, 7) is 0. The van der Waals surface area contributed by atoms with Gasteiger partial charge in [0.15, 0.2) is 5.82 Å². The Morgan fingerprint density at radius 3 is 1.50 bits per heavy atom. The van der Waals surface area contributed by atoms with Crippen molar-refractivity contribution < 1.29 is 4.74 Å². The molecule has 6 heteroatoms. The van der Waals surface area contributed by atoms with Crippen LogP contribution in [0.4, 0.5) is 0 Å². The number of rotatable bonds is 3. The Morgan fingerprint density at radius 1 is 0.397 bits per heavy atom. The van der Waals surface area contributed by atoms with Gasteiger partial charge in [-0.1, -0.05) is 109 Å². The molecule has 0 saturated carbocycles. The van der Waals surface area contributed by atoms with Gasteiger partial charge in [0, 0.05) is 56.8 Å². The van der Waals surface area contributed by atoms with Crippen LogP contribution >= 0.6 is 0 Å². The highest BCUT2D eigenvalue weighted by Gasteiger charge is 2.52. The monoisotopic (exact) mass is 741 g/mol. The topological polar surface area (TPSA) is 57.8 Å². The number of ether oxygens (including phenoxy) is 1. The smallest absolute Gasteiger partial charge is 0.162 e. The van der Waals surface area contributed by atoms with Gasteiger partial charge in [0.25, 0.3) is 0 Å². The van der Waals surface area contributed by atoms with Gasteiger partial charge < -0.3 is 9.30 Å². The first-order chi connectivity index (χ1) is 28.8. The highest BCUT2D eigenvalue weighted by atomic mass is 16.5. The van der Waals surface area contributed by atoms with E-state index in [1.807, 2.05) is 36.8 Å². The fourth-order valence-electron chi connectivity index (χ4n) is 10.0. The lowest BCUT2D eigenvalue weighted by molar-refractivity contribution is 0.436. The second-order valence-electron chi connectivity index (χ2n) is 15.2. The zero-order valence-corrected chi connectivity index (χ0v) is 31.0. The maximum atomic E-state index is 6.75. The van der Waals surface area contributed by atoms with Gasteiger partial charge in [-0.25, -0.2) is 4.98 Å². The minimum Gasteiger partial charge on any atom is -0.457 e. The zero-order chi connectivity index (χ0) is 38.0. The van der Waals surface area contributed by atoms with E-state index in [1.165, 1.54) is 21.5 Å². The van der Waals surface area contributed by atoms with Crippen LogP contribution in [0.25, 0.3) is 77.6 Å². The molecule has 5 aromatic heterocycles. The molecule has 58 heavy (non-hydrogen) atoms. The predicted octanol–water partition coefficient (Wildman–Crippen LogP) is 12.2. The summed E-state index contributed by atoms with van der Waals surface area (Å²) in [6.07, 6.45) is 5.75. The van der Waals surface area contributed by atoms with E-state index < -0.39 is 5.41 Å². The summed E-state index contributed by atoms with van der Waals surface area (Å²) in [7, 11) is 0. The Kier molecular flexibility index (Phi) is 6.28. The fraction of sp³-hybridized carbons (Fsp3) is 0.0192. The van der Waals surface area contributed by atoms with Gasteiger partial charge in [-0.3, -0.25) is 14.5 Å². The van der Waals surface area contributed by atoms with E-state index in [2.05, 4.69) is 161 Å². The van der Waals surface area contributed by atoms with Crippen molar-refractivity contribution in [2.45, 2.75) is 5.41 Å². The average molecular weight is 742 g/mol. The Hall–Kier alpha value is -7.83. The highest BCUT2D eigenvalue weighted by molar-refractivity contribution is 6.11. The van der Waals surface area contributed by atoms with Crippen molar-refractivity contribution in [2.24, 2.45) is 0 Å². The highest BCUT2D eigenvalue weighted by Crippen LogP contribution is 2.61. The molecule has 13 rings (SSSR count). The first-order valence-corrected chi connectivity index (χ1v) is 19.6. The summed E-state index contributed by atoms with van der Waals surface area (Å²) in [5.41, 5.74) is 12.9. The van der Waals surface area contributed by atoms with Crippen molar-refractivity contribution in [3.63, 3.8) is 0 Å². The molecule has 0 fully saturated rings. The summed E-state index contributed by atoms with van der Waals surface area (Å²) >= 11 is 0. The third-order valence-electron chi connectivity index (χ3n) is 12.3. The summed E-state index contributed by atoms with van der Waals surface area (Å²) in [5.74, 6) is 2.50. The Bertz CT molecular complexity index is 3370. The molecule has 0 atom stereocenters. The zero-order valence-electron chi connectivity index (χ0n) is 31.0. The molecule has 0 bridgehead atoms. The summed E-state index contributed by atoms with van der Waals surface area (Å²) in [5, 5.41) is 4.78. The van der Waals surface area contributed by atoms with Crippen LogP contribution in [0, 0.1) is 0 Å². The van der Waals surface area contributed by atoms with Crippen LogP contribution in [0.3, 0.4) is 0 Å². The first kappa shape index (κ1) is 31.4. The summed E-state index contributed by atoms with van der Waals surface area (Å²) in [6, 6.07) is 60.3. The molecule has 270 valence electrons. The van der Waals surface area contributed by atoms with Gasteiger partial charge in [-0.2, -0.15) is 0 Å². The van der Waals surface area contributed by atoms with E-state index in [1.54, 1.807) is 0 Å². The molecule has 6 aromatic carbocycles. The van der Waals surface area contributed by atoms with Crippen molar-refractivity contribution in [2.75, 3.05) is 0 Å². The Labute approximate surface area is 332 Å². The quantitative estimate of drug-likeness (QED) is 0.181. The van der Waals surface area contributed by atoms with Gasteiger partial charge in [0.2, 0.25) is 0 Å². The lowest BCUT2D eigenvalue weighted by Gasteiger charge is -2.39. The normalized spacial score (nSPS) is 13.4. The van der Waals surface area contributed by atoms with Crippen molar-refractivity contribution in [1.82, 2.24) is 24.1 Å². The van der Waals surface area contributed by atoms with Crippen LogP contribution in [-0.4, -0.2) is 24.1 Å². The van der Waals surface area contributed by atoms with E-state index in [4.69, 9.17) is 19.7 Å². The number of fused-ring (bicyclic) bond motifs is 15. The van der Waals surface area contributed by atoms with E-state index >= 15 is 0 Å². The lowest BCUT2D eigenvalue weighted by atomic mass is 9.66. The molecule has 6 nitrogen and oxygen atoms in total. The molecule has 0 unspecified atom stereocenters. The third-order valence-corrected chi connectivity index (χ3v) is 12.3. The lowest BCUT2D eigenvalue weighted by Crippen LogP contribution is -2.32. The molecule has 0 saturated heterocycles. The van der Waals surface area contributed by atoms with E-state index in [0.29, 0.717) is 0 Å². The number of hydrogen-bond donors (Lipinski definition) is 0. The number of aromatic nitrogens is 5. The molecular weight excluding hydrogens is 711 g/mol. The molecule has 6 heterocycles. The third kappa shape index (κ3) is 4.03. The average Bonchev–Trinajstić information content (AvgIpc) is 3.91. The van der Waals surface area contributed by atoms with Crippen LogP contribution in [0.5, 0.6) is 11.5 Å². The fourth-order valence-corrected chi connectivity index (χ4v) is 10.0. The van der Waals surface area contributed by atoms with Gasteiger partial charge in [-0.15, -0.1) is 0 Å². The number of hydrogen-bond acceptors (Lipinski definition) is 4. The van der Waals surface area contributed by atoms with Crippen LogP contribution in [0.2, 0.25) is 0 Å². The maximum absolute atomic E-state index is 6.75. The van der Waals surface area contributed by atoms with Crippen molar-refractivity contribution in [3.8, 4) is 45.5 Å². The minimum absolute atomic E-state index is 0.681. The molecule has 0 N–H and O–H groups in total. The van der Waals surface area contributed by atoms with Crippen LogP contribution in [-0.2, 0) is 5.41 Å². The van der Waals surface area contributed by atoms with Gasteiger partial charge >= 0.3 is 0 Å². The van der Waals surface area contributed by atoms with Crippen LogP contribution < -0.4 is 4.74 Å². The molecule has 1 spiro atoms. The molecular formula is C52H31N5O. The van der Waals surface area contributed by atoms with Crippen LogP contribution in [0.15, 0.2) is 188 Å². The first-order valence-electron chi connectivity index (χ1n) is 19.6. The maximum Gasteiger partial charge on any atom is 0.162 e. The molecule has 1 aliphatic carbocycles. The minimum atomic E-state index is -0.681. The predicted molar refractivity (Wildman–Crippen MR) is 231 cm³/mol. The Morgan fingerprint density at radius 2 is 0.897 bits per heavy atom. The molecule has 11 aromatic rings. The SMILES string of the molecule is c1ccc2c(c1)Oc1ccc(-c3cnc(-n4c5ccccc5c5ccccc54)c(-n4c5ccccc5c5ccccc54)c3)cc1C21c2cccnc2-c2ncccc21. The van der Waals surface area contributed by atoms with Gasteiger partial charge in [0.05, 0.1) is 44.6 Å². The van der Waals surface area contributed by atoms with Crippen LogP contribution in [0.1, 0.15) is 22.3 Å². The molecule has 1 aliphatic heterocycles. The molecule has 2 aliphatic rings. The van der Waals surface area contributed by atoms with Crippen molar-refractivity contribution in [3.05, 3.63) is 211 Å². The van der Waals surface area contributed by atoms with Crippen molar-refractivity contribution in [1.29, 1.82) is 0 Å². The summed E-state index contributed by atoms with van der Waals surface area (Å²) in [4.78, 5) is 15.3. The number of nitrogens with zero attached hydrogens (tertiary/aromatic N) is 5. The number of benzene rings is 6. The number of para-hydroxylation sites is 5. The van der Waals surface area contributed by atoms with Gasteiger partial charge in [-0.05, 0) is 77.4 Å². The van der Waals surface area contributed by atoms with E-state index in [9.17, 15) is 0 Å². The van der Waals surface area contributed by atoms with E-state index in [-0.39, 0.29) is 0 Å². The molecule has 0 radical (unpaired) electrons. The second-order valence-corrected chi connectivity index (χ2v) is 15.2. The van der Waals surface area contributed by atoms with Gasteiger partial charge in [0.1, 0.15) is 11.5 Å².